The number of esters is 1. The Hall–Kier alpha value is -1.72. The molecule has 0 unspecified atom stereocenters. The third-order valence-electron chi connectivity index (χ3n) is 8.52. The lowest BCUT2D eigenvalue weighted by Gasteiger charge is -2.48. The lowest BCUT2D eigenvalue weighted by Crippen LogP contribution is -3.14. The molecule has 5 rings (SSSR count). The fourth-order valence-corrected chi connectivity index (χ4v) is 6.76. The lowest BCUT2D eigenvalue weighted by molar-refractivity contribution is -0.907. The third-order valence-corrected chi connectivity index (χ3v) is 8.52. The molecule has 0 amide bonds. The molecule has 1 N–H and O–H groups in total. The first-order valence-corrected chi connectivity index (χ1v) is 11.8. The van der Waals surface area contributed by atoms with Crippen molar-refractivity contribution in [1.29, 1.82) is 0 Å². The lowest BCUT2D eigenvalue weighted by atomic mass is 9.55. The van der Waals surface area contributed by atoms with Crippen molar-refractivity contribution < 1.29 is 24.0 Å². The number of ketones is 1. The summed E-state index contributed by atoms with van der Waals surface area (Å²) in [5, 5.41) is 0. The number of morpholine rings is 1. The predicted molar refractivity (Wildman–Crippen MR) is 113 cm³/mol. The highest BCUT2D eigenvalue weighted by atomic mass is 16.5. The van der Waals surface area contributed by atoms with E-state index in [1.807, 2.05) is 6.07 Å². The van der Waals surface area contributed by atoms with Gasteiger partial charge in [0.2, 0.25) is 0 Å². The molecule has 1 saturated heterocycles. The van der Waals surface area contributed by atoms with Gasteiger partial charge in [0.1, 0.15) is 24.6 Å². The number of nitrogens with one attached hydrogen (secondary N) is 1. The quantitative estimate of drug-likeness (QED) is 0.609. The van der Waals surface area contributed by atoms with Gasteiger partial charge in [-0.3, -0.25) is 9.59 Å². The first kappa shape index (κ1) is 20.2. The van der Waals surface area contributed by atoms with Crippen LogP contribution in [0.1, 0.15) is 62.5 Å². The molecule has 1 heterocycles. The number of rotatable bonds is 4. The second-order valence-electron chi connectivity index (χ2n) is 10.0. The maximum Gasteiger partial charge on any atom is 0.316 e. The average molecular weight is 413 g/mol. The largest absolute Gasteiger partial charge is 0.426 e. The molecule has 3 aliphatic carbocycles. The van der Waals surface area contributed by atoms with Gasteiger partial charge in [0.15, 0.2) is 0 Å². The first-order valence-electron chi connectivity index (χ1n) is 11.8. The molecular weight excluding hydrogens is 378 g/mol. The molecule has 0 radical (unpaired) electrons. The Bertz CT molecular complexity index is 830. The van der Waals surface area contributed by atoms with Crippen LogP contribution in [0.25, 0.3) is 0 Å². The van der Waals surface area contributed by atoms with Gasteiger partial charge >= 0.3 is 5.97 Å². The molecule has 1 aliphatic heterocycles. The van der Waals surface area contributed by atoms with Crippen LogP contribution in [0.4, 0.5) is 0 Å². The van der Waals surface area contributed by atoms with Crippen molar-refractivity contribution in [3.63, 3.8) is 0 Å². The van der Waals surface area contributed by atoms with Crippen LogP contribution in [-0.2, 0) is 20.7 Å². The number of quaternary nitrogens is 1. The van der Waals surface area contributed by atoms with Crippen molar-refractivity contribution in [2.45, 2.75) is 57.8 Å². The van der Waals surface area contributed by atoms with Gasteiger partial charge in [-0.25, -0.2) is 0 Å². The van der Waals surface area contributed by atoms with Crippen LogP contribution < -0.4 is 9.64 Å². The number of hydrogen-bond acceptors (Lipinski definition) is 4. The van der Waals surface area contributed by atoms with Crippen LogP contribution >= 0.6 is 0 Å². The molecular formula is C25H34NO4+. The molecule has 4 aliphatic rings. The standard InChI is InChI=1S/C25H33NO4/c1-25-10-8-20-19-5-3-18(30-24(28)9-11-26-12-14-29-15-13-26)16-17(19)2-4-21(20)22(25)6-7-23(25)27/h3,5,16,20-22H,2,4,6-15H2,1H3/p+1/t20-,21+,22-,25+/m0/s1. The summed E-state index contributed by atoms with van der Waals surface area (Å²) in [6, 6.07) is 6.27. The van der Waals surface area contributed by atoms with E-state index in [0.29, 0.717) is 35.7 Å². The molecule has 5 nitrogen and oxygen atoms in total. The summed E-state index contributed by atoms with van der Waals surface area (Å²) >= 11 is 0. The molecule has 0 spiro atoms. The molecule has 1 aromatic rings. The van der Waals surface area contributed by atoms with Crippen LogP contribution in [0.3, 0.4) is 0 Å². The predicted octanol–water partition coefficient (Wildman–Crippen LogP) is 2.32. The third kappa shape index (κ3) is 3.60. The molecule has 30 heavy (non-hydrogen) atoms. The van der Waals surface area contributed by atoms with E-state index >= 15 is 0 Å². The van der Waals surface area contributed by atoms with Gasteiger partial charge in [0.05, 0.1) is 26.2 Å². The van der Waals surface area contributed by atoms with Crippen molar-refractivity contribution in [2.24, 2.45) is 17.3 Å². The van der Waals surface area contributed by atoms with Gasteiger partial charge in [-0.2, -0.15) is 0 Å². The van der Waals surface area contributed by atoms with Crippen molar-refractivity contribution in [1.82, 2.24) is 0 Å². The van der Waals surface area contributed by atoms with Gasteiger partial charge < -0.3 is 14.4 Å². The van der Waals surface area contributed by atoms with Crippen LogP contribution in [0.15, 0.2) is 18.2 Å². The fraction of sp³-hybridized carbons (Fsp3) is 0.680. The van der Waals surface area contributed by atoms with Crippen LogP contribution in [0.5, 0.6) is 5.75 Å². The molecule has 5 heteroatoms. The Morgan fingerprint density at radius 1 is 1.20 bits per heavy atom. The highest BCUT2D eigenvalue weighted by molar-refractivity contribution is 5.87. The van der Waals surface area contributed by atoms with E-state index in [-0.39, 0.29) is 11.4 Å². The zero-order chi connectivity index (χ0) is 20.7. The zero-order valence-corrected chi connectivity index (χ0v) is 18.1. The zero-order valence-electron chi connectivity index (χ0n) is 18.1. The molecule has 0 aromatic heterocycles. The molecule has 4 atom stereocenters. The summed E-state index contributed by atoms with van der Waals surface area (Å²) in [7, 11) is 0. The number of carbonyl (C=O) groups excluding carboxylic acids is 2. The second-order valence-corrected chi connectivity index (χ2v) is 10.0. The normalized spacial score (nSPS) is 33.5. The number of hydrogen-bond donors (Lipinski definition) is 1. The van der Waals surface area contributed by atoms with Gasteiger partial charge in [-0.05, 0) is 73.1 Å². The van der Waals surface area contributed by atoms with Crippen LogP contribution in [-0.4, -0.2) is 44.6 Å². The fourth-order valence-electron chi connectivity index (χ4n) is 6.76. The number of fused-ring (bicyclic) bond motifs is 5. The summed E-state index contributed by atoms with van der Waals surface area (Å²) < 4.78 is 11.1. The van der Waals surface area contributed by atoms with Gasteiger partial charge in [0.25, 0.3) is 0 Å². The monoisotopic (exact) mass is 412 g/mol. The van der Waals surface area contributed by atoms with E-state index in [0.717, 1.165) is 71.4 Å². The minimum absolute atomic E-state index is 0.0728. The molecule has 162 valence electrons. The minimum Gasteiger partial charge on any atom is -0.426 e. The van der Waals surface area contributed by atoms with Crippen molar-refractivity contribution in [2.75, 3.05) is 32.8 Å². The Labute approximate surface area is 179 Å². The van der Waals surface area contributed by atoms with E-state index in [4.69, 9.17) is 9.47 Å². The molecule has 0 bridgehead atoms. The van der Waals surface area contributed by atoms with Crippen LogP contribution in [0.2, 0.25) is 0 Å². The van der Waals surface area contributed by atoms with E-state index in [1.54, 1.807) is 0 Å². The number of aryl methyl sites for hydroxylation is 1. The minimum atomic E-state index is -0.138. The highest BCUT2D eigenvalue weighted by Crippen LogP contribution is 2.59. The van der Waals surface area contributed by atoms with Gasteiger partial charge in [-0.1, -0.05) is 13.0 Å². The van der Waals surface area contributed by atoms with Crippen molar-refractivity contribution in [3.05, 3.63) is 29.3 Å². The molecule has 2 saturated carbocycles. The summed E-state index contributed by atoms with van der Waals surface area (Å²) in [5.41, 5.74) is 2.70. The number of carbonyl (C=O) groups is 2. The second kappa shape index (κ2) is 8.08. The van der Waals surface area contributed by atoms with Gasteiger partial charge in [0, 0.05) is 11.8 Å². The maximum atomic E-state index is 12.5. The Kier molecular flexibility index (Phi) is 5.44. The van der Waals surface area contributed by atoms with E-state index in [9.17, 15) is 9.59 Å². The molecule has 1 aromatic carbocycles. The smallest absolute Gasteiger partial charge is 0.316 e. The summed E-state index contributed by atoms with van der Waals surface area (Å²) in [5.74, 6) is 2.79. The van der Waals surface area contributed by atoms with E-state index < -0.39 is 0 Å². The van der Waals surface area contributed by atoms with E-state index in [1.165, 1.54) is 16.0 Å². The Morgan fingerprint density at radius 2 is 2.03 bits per heavy atom. The number of Topliss-reactive ketones (excluding diaryl/α,β-unsaturated/α-hetero) is 1. The topological polar surface area (TPSA) is 57.0 Å². The van der Waals surface area contributed by atoms with Crippen molar-refractivity contribution >= 4 is 11.8 Å². The van der Waals surface area contributed by atoms with E-state index in [2.05, 4.69) is 19.1 Å². The first-order chi connectivity index (χ1) is 14.5. The Morgan fingerprint density at radius 3 is 2.87 bits per heavy atom. The maximum absolute atomic E-state index is 12.5. The summed E-state index contributed by atoms with van der Waals surface area (Å²) in [6.07, 6.45) is 6.62. The summed E-state index contributed by atoms with van der Waals surface area (Å²) in [6.45, 7) is 6.55. The highest BCUT2D eigenvalue weighted by Gasteiger charge is 2.54. The SMILES string of the molecule is C[C@@]12CC[C@H]3c4ccc(OC(=O)CC[NH+]5CCOCC5)cc4CC[C@H]3[C@@H]1CCC2=O. The Balaban J connectivity index is 1.23. The average Bonchev–Trinajstić information content (AvgIpc) is 3.07. The van der Waals surface area contributed by atoms with Gasteiger partial charge in [-0.15, -0.1) is 0 Å². The molecule has 3 fully saturated rings. The number of ether oxygens (including phenoxy) is 2. The number of benzene rings is 1. The van der Waals surface area contributed by atoms with Crippen molar-refractivity contribution in [3.8, 4) is 5.75 Å². The van der Waals surface area contributed by atoms with Crippen LogP contribution in [0, 0.1) is 17.3 Å². The summed E-state index contributed by atoms with van der Waals surface area (Å²) in [4.78, 5) is 26.3.